The molecule has 0 saturated heterocycles. The van der Waals surface area contributed by atoms with Crippen molar-refractivity contribution in [2.75, 3.05) is 6.61 Å². The molecule has 0 fully saturated rings. The summed E-state index contributed by atoms with van der Waals surface area (Å²) < 4.78 is 40.2. The summed E-state index contributed by atoms with van der Waals surface area (Å²) in [5.74, 6) is -2.64. The lowest BCUT2D eigenvalue weighted by Crippen LogP contribution is -2.23. The molecule has 0 aliphatic carbocycles. The average molecular weight is 644 g/mol. The number of benzene rings is 2. The molecule has 3 aromatic heterocycles. The fraction of sp³-hybridized carbons (Fsp3) is 0.179. The SMILES string of the molecule is O=C(O)C(F)(F)F.O=C(O)COc1ccc(-c2cnc([C@@H]3CCc4cc(-c5cc(Cl)ccc5-n5cnnn5)cc(=O)n43)[nH]2)cc1. The standard InChI is InChI=1S/C26H20ClN7O4.C2HF3O2/c27-17-3-7-22(33-14-29-31-32-33)20(11-17)16-9-18-4-8-23(34(18)24(35)10-16)26-28-12-21(30-26)15-1-5-19(6-2-15)38-13-25(36)37;3-2(4,5)1(6)7/h1-3,5-7,9-12,14,23H,4,8,13H2,(H,28,30)(H,36,37);(H,6,7)/t23-;/m0./s1. The molecule has 1 atom stereocenters. The molecule has 1 aliphatic heterocycles. The summed E-state index contributed by atoms with van der Waals surface area (Å²) in [6.07, 6.45) is -0.429. The van der Waals surface area contributed by atoms with Gasteiger partial charge in [-0.15, -0.1) is 5.10 Å². The minimum atomic E-state index is -5.08. The minimum absolute atomic E-state index is 0.138. The van der Waals surface area contributed by atoms with E-state index in [0.29, 0.717) is 28.7 Å². The molecule has 17 heteroatoms. The van der Waals surface area contributed by atoms with Crippen LogP contribution in [0.3, 0.4) is 0 Å². The molecule has 1 aliphatic rings. The molecule has 45 heavy (non-hydrogen) atoms. The Bertz CT molecular complexity index is 1910. The van der Waals surface area contributed by atoms with E-state index in [-0.39, 0.29) is 11.6 Å². The number of H-pyrrole nitrogens is 1. The number of nitrogens with one attached hydrogen (secondary N) is 1. The van der Waals surface area contributed by atoms with Gasteiger partial charge in [-0.05, 0) is 82.9 Å². The van der Waals surface area contributed by atoms with Crippen molar-refractivity contribution in [3.8, 4) is 33.8 Å². The lowest BCUT2D eigenvalue weighted by molar-refractivity contribution is -0.192. The number of aliphatic carboxylic acids is 2. The number of aryl methyl sites for hydroxylation is 1. The molecule has 0 radical (unpaired) electrons. The largest absolute Gasteiger partial charge is 0.490 e. The van der Waals surface area contributed by atoms with E-state index in [0.717, 1.165) is 34.5 Å². The molecule has 13 nitrogen and oxygen atoms in total. The van der Waals surface area contributed by atoms with Gasteiger partial charge in [0.05, 0.1) is 23.6 Å². The first-order chi connectivity index (χ1) is 21.4. The van der Waals surface area contributed by atoms with Crippen LogP contribution >= 0.6 is 11.6 Å². The van der Waals surface area contributed by atoms with Gasteiger partial charge >= 0.3 is 18.1 Å². The number of imidazole rings is 1. The van der Waals surface area contributed by atoms with Gasteiger partial charge in [-0.1, -0.05) is 11.6 Å². The normalized spacial score (nSPS) is 13.9. The fourth-order valence-corrected chi connectivity index (χ4v) is 4.92. The van der Waals surface area contributed by atoms with Gasteiger partial charge in [-0.2, -0.15) is 17.9 Å². The van der Waals surface area contributed by atoms with Crippen molar-refractivity contribution in [3.05, 3.63) is 94.0 Å². The molecule has 3 N–H and O–H groups in total. The number of fused-ring (bicyclic) bond motifs is 1. The number of rotatable bonds is 7. The highest BCUT2D eigenvalue weighted by Gasteiger charge is 2.38. The zero-order valence-electron chi connectivity index (χ0n) is 22.8. The molecular formula is C28H21ClF3N7O6. The van der Waals surface area contributed by atoms with Crippen LogP contribution in [0.5, 0.6) is 5.75 Å². The summed E-state index contributed by atoms with van der Waals surface area (Å²) in [5, 5.41) is 27.8. The van der Waals surface area contributed by atoms with Crippen molar-refractivity contribution in [3.63, 3.8) is 0 Å². The van der Waals surface area contributed by atoms with Crippen LogP contribution < -0.4 is 10.3 Å². The highest BCUT2D eigenvalue weighted by Crippen LogP contribution is 2.34. The van der Waals surface area contributed by atoms with E-state index in [1.807, 2.05) is 24.3 Å². The van der Waals surface area contributed by atoms with E-state index < -0.39 is 24.7 Å². The first-order valence-corrected chi connectivity index (χ1v) is 13.4. The fourth-order valence-electron chi connectivity index (χ4n) is 4.75. The van der Waals surface area contributed by atoms with Crippen molar-refractivity contribution in [2.24, 2.45) is 0 Å². The summed E-state index contributed by atoms with van der Waals surface area (Å²) >= 11 is 6.29. The van der Waals surface area contributed by atoms with Crippen LogP contribution in [0.15, 0.2) is 71.9 Å². The Morgan fingerprint density at radius 2 is 1.80 bits per heavy atom. The van der Waals surface area contributed by atoms with Gasteiger partial charge < -0.3 is 24.5 Å². The van der Waals surface area contributed by atoms with Crippen molar-refractivity contribution >= 4 is 23.5 Å². The molecule has 0 amide bonds. The van der Waals surface area contributed by atoms with Gasteiger partial charge in [0.25, 0.3) is 5.56 Å². The maximum Gasteiger partial charge on any atom is 0.490 e. The first-order valence-electron chi connectivity index (χ1n) is 13.0. The number of carboxylic acid groups (broad SMARTS) is 2. The van der Waals surface area contributed by atoms with Crippen LogP contribution in [0.1, 0.15) is 24.0 Å². The van der Waals surface area contributed by atoms with Gasteiger partial charge in [-0.3, -0.25) is 4.79 Å². The molecule has 0 unspecified atom stereocenters. The van der Waals surface area contributed by atoms with Crippen LogP contribution in [-0.2, 0) is 16.0 Å². The average Bonchev–Trinajstić information content (AvgIpc) is 3.77. The number of aromatic amines is 1. The maximum atomic E-state index is 13.4. The molecule has 4 heterocycles. The van der Waals surface area contributed by atoms with Gasteiger partial charge in [0.2, 0.25) is 0 Å². The van der Waals surface area contributed by atoms with E-state index in [4.69, 9.17) is 31.3 Å². The van der Waals surface area contributed by atoms with Crippen LogP contribution in [0.25, 0.3) is 28.1 Å². The molecule has 0 saturated carbocycles. The number of hydrogen-bond acceptors (Lipinski definition) is 8. The Morgan fingerprint density at radius 3 is 2.44 bits per heavy atom. The van der Waals surface area contributed by atoms with Crippen LogP contribution in [-0.4, -0.2) is 69.7 Å². The number of hydrogen-bond donors (Lipinski definition) is 3. The van der Waals surface area contributed by atoms with Crippen molar-refractivity contribution in [1.29, 1.82) is 0 Å². The number of nitrogens with zero attached hydrogens (tertiary/aromatic N) is 6. The minimum Gasteiger partial charge on any atom is -0.482 e. The number of halogens is 4. The summed E-state index contributed by atoms with van der Waals surface area (Å²) in [4.78, 5) is 40.9. The summed E-state index contributed by atoms with van der Waals surface area (Å²) in [6.45, 7) is -0.401. The van der Waals surface area contributed by atoms with Crippen LogP contribution in [0.4, 0.5) is 13.2 Å². The number of carbonyl (C=O) groups is 2. The topological polar surface area (TPSA) is 178 Å². The number of ether oxygens (including phenoxy) is 1. The number of tetrazole rings is 1. The second-order valence-electron chi connectivity index (χ2n) is 9.61. The first kappa shape index (κ1) is 30.9. The Kier molecular flexibility index (Phi) is 8.67. The quantitative estimate of drug-likeness (QED) is 0.233. The third-order valence-corrected chi connectivity index (χ3v) is 6.92. The highest BCUT2D eigenvalue weighted by atomic mass is 35.5. The van der Waals surface area contributed by atoms with E-state index in [1.54, 1.807) is 41.1 Å². The second kappa shape index (κ2) is 12.6. The van der Waals surface area contributed by atoms with Crippen molar-refractivity contribution in [1.82, 2.24) is 34.7 Å². The lowest BCUT2D eigenvalue weighted by Gasteiger charge is -2.15. The zero-order chi connectivity index (χ0) is 32.3. The predicted molar refractivity (Wildman–Crippen MR) is 151 cm³/mol. The van der Waals surface area contributed by atoms with Gasteiger partial charge in [0.15, 0.2) is 6.61 Å². The number of alkyl halides is 3. The smallest absolute Gasteiger partial charge is 0.482 e. The Morgan fingerprint density at radius 1 is 1.07 bits per heavy atom. The molecular weight excluding hydrogens is 623 g/mol. The molecule has 5 aromatic rings. The number of pyridine rings is 1. The highest BCUT2D eigenvalue weighted by molar-refractivity contribution is 6.31. The third kappa shape index (κ3) is 7.01. The van der Waals surface area contributed by atoms with Crippen LogP contribution in [0.2, 0.25) is 5.02 Å². The summed E-state index contributed by atoms with van der Waals surface area (Å²) in [5.41, 5.74) is 4.62. The maximum absolute atomic E-state index is 13.4. The van der Waals surface area contributed by atoms with Gasteiger partial charge in [0.1, 0.15) is 17.9 Å². The lowest BCUT2D eigenvalue weighted by atomic mass is 10.0. The Balaban J connectivity index is 0.000000515. The monoisotopic (exact) mass is 643 g/mol. The molecule has 0 bridgehead atoms. The van der Waals surface area contributed by atoms with Gasteiger partial charge in [-0.25, -0.2) is 14.6 Å². The van der Waals surface area contributed by atoms with E-state index in [1.165, 1.54) is 11.0 Å². The van der Waals surface area contributed by atoms with Gasteiger partial charge in [0, 0.05) is 22.3 Å². The molecule has 0 spiro atoms. The molecule has 232 valence electrons. The third-order valence-electron chi connectivity index (χ3n) is 6.68. The van der Waals surface area contributed by atoms with E-state index >= 15 is 0 Å². The van der Waals surface area contributed by atoms with Crippen LogP contribution in [0, 0.1) is 0 Å². The number of aromatic nitrogens is 7. The van der Waals surface area contributed by atoms with Crippen molar-refractivity contribution < 1.29 is 37.7 Å². The molecule has 2 aromatic carbocycles. The Hall–Kier alpha value is -5.51. The second-order valence-corrected chi connectivity index (χ2v) is 10.0. The van der Waals surface area contributed by atoms with E-state index in [9.17, 15) is 22.8 Å². The summed E-state index contributed by atoms with van der Waals surface area (Å²) in [7, 11) is 0. The zero-order valence-corrected chi connectivity index (χ0v) is 23.5. The predicted octanol–water partition coefficient (Wildman–Crippen LogP) is 4.17. The summed E-state index contributed by atoms with van der Waals surface area (Å²) in [6, 6.07) is 15.8. The van der Waals surface area contributed by atoms with Crippen molar-refractivity contribution in [2.45, 2.75) is 25.1 Å². The Labute approximate surface area is 255 Å². The number of carboxylic acids is 2. The molecule has 6 rings (SSSR count). The van der Waals surface area contributed by atoms with E-state index in [2.05, 4.69) is 25.5 Å².